The van der Waals surface area contributed by atoms with E-state index in [1.807, 2.05) is 13.8 Å². The van der Waals surface area contributed by atoms with Crippen LogP contribution in [0.15, 0.2) is 36.9 Å². The van der Waals surface area contributed by atoms with Crippen LogP contribution in [-0.2, 0) is 25.4 Å². The molecule has 2 rings (SSSR count). The molecule has 0 radical (unpaired) electrons. The van der Waals surface area contributed by atoms with E-state index in [1.165, 1.54) is 12.1 Å². The van der Waals surface area contributed by atoms with Crippen LogP contribution < -0.4 is 0 Å². The Morgan fingerprint density at radius 1 is 1.27 bits per heavy atom. The third kappa shape index (κ3) is 7.68. The van der Waals surface area contributed by atoms with Gasteiger partial charge in [0.05, 0.1) is 16.2 Å². The average molecular weight is 495 g/mol. The van der Waals surface area contributed by atoms with Crippen molar-refractivity contribution in [3.63, 3.8) is 0 Å². The molecule has 1 fully saturated rings. The molecule has 1 saturated heterocycles. The maximum Gasteiger partial charge on any atom is 0.326 e. The molecule has 2 unspecified atom stereocenters. The topological polar surface area (TPSA) is 99.0 Å². The molecular weight excluding hydrogens is 460 g/mol. The highest BCUT2D eigenvalue weighted by Crippen LogP contribution is 2.45. The minimum absolute atomic E-state index is 0.0104. The minimum atomic E-state index is -0.726. The molecule has 0 spiro atoms. The molecule has 2 atom stereocenters. The van der Waals surface area contributed by atoms with Crippen molar-refractivity contribution in [1.29, 1.82) is 0 Å². The lowest BCUT2D eigenvalue weighted by Gasteiger charge is -2.52. The number of esters is 1. The monoisotopic (exact) mass is 494 g/mol. The maximum absolute atomic E-state index is 13.0. The Bertz CT molecular complexity index is 869. The number of nitro groups is 1. The molecule has 1 heterocycles. The highest BCUT2D eigenvalue weighted by Gasteiger charge is 2.55. The number of β-lactam (4-membered cyclic amide) rings is 1. The number of nitrogens with zero attached hydrogens (tertiary/aromatic N) is 2. The SMILES string of the molecule is C=CCSC1C(C(C)(C)CO[SiH2]C(C)(C)C)C(=O)N1CC(=O)OCc1ccc([N+](=O)[O-])cc1. The second-order valence-corrected chi connectivity index (χ2v) is 14.1. The van der Waals surface area contributed by atoms with Crippen molar-refractivity contribution in [2.24, 2.45) is 11.3 Å². The average Bonchev–Trinajstić information content (AvgIpc) is 2.72. The van der Waals surface area contributed by atoms with Gasteiger partial charge in [0.25, 0.3) is 5.69 Å². The van der Waals surface area contributed by atoms with Crippen molar-refractivity contribution < 1.29 is 23.7 Å². The number of amides is 1. The van der Waals surface area contributed by atoms with Crippen LogP contribution in [0.25, 0.3) is 0 Å². The fraction of sp³-hybridized carbons (Fsp3) is 0.565. The second-order valence-electron chi connectivity index (χ2n) is 10.1. The first-order valence-electron chi connectivity index (χ1n) is 10.9. The predicted molar refractivity (Wildman–Crippen MR) is 133 cm³/mol. The molecule has 182 valence electrons. The van der Waals surface area contributed by atoms with Crippen LogP contribution in [0.3, 0.4) is 0 Å². The summed E-state index contributed by atoms with van der Waals surface area (Å²) in [5.41, 5.74) is 0.259. The smallest absolute Gasteiger partial charge is 0.326 e. The van der Waals surface area contributed by atoms with Gasteiger partial charge in [-0.2, -0.15) is 0 Å². The minimum Gasteiger partial charge on any atom is -0.459 e. The lowest BCUT2D eigenvalue weighted by atomic mass is 9.74. The number of benzene rings is 1. The molecule has 8 nitrogen and oxygen atoms in total. The van der Waals surface area contributed by atoms with Crippen LogP contribution in [0, 0.1) is 21.4 Å². The first-order valence-corrected chi connectivity index (χ1v) is 13.2. The molecule has 1 aliphatic heterocycles. The second kappa shape index (κ2) is 11.3. The molecule has 0 bridgehead atoms. The van der Waals surface area contributed by atoms with Gasteiger partial charge in [-0.25, -0.2) is 0 Å². The van der Waals surface area contributed by atoms with E-state index in [2.05, 4.69) is 27.4 Å². The van der Waals surface area contributed by atoms with Gasteiger partial charge in [0, 0.05) is 29.9 Å². The molecular formula is C23H34N2O6SSi. The fourth-order valence-electron chi connectivity index (χ4n) is 3.54. The molecule has 1 amide bonds. The van der Waals surface area contributed by atoms with Gasteiger partial charge in [-0.15, -0.1) is 18.3 Å². The summed E-state index contributed by atoms with van der Waals surface area (Å²) in [6, 6.07) is 5.81. The Labute approximate surface area is 202 Å². The molecule has 0 saturated carbocycles. The third-order valence-electron chi connectivity index (χ3n) is 5.22. The number of nitro benzene ring substituents is 1. The van der Waals surface area contributed by atoms with Gasteiger partial charge in [0.1, 0.15) is 13.2 Å². The lowest BCUT2D eigenvalue weighted by molar-refractivity contribution is -0.384. The summed E-state index contributed by atoms with van der Waals surface area (Å²) in [6.07, 6.45) is 1.78. The predicted octanol–water partition coefficient (Wildman–Crippen LogP) is 3.69. The standard InChI is InChI=1S/C23H34N2O6SSi/c1-7-12-32-21-19(23(5,6)15-31-33-22(2,3)4)20(27)24(21)13-18(26)30-14-16-8-10-17(11-9-16)25(28)29/h7-11,19,21H,1,12-15,33H2,2-6H3. The Morgan fingerprint density at radius 2 is 1.91 bits per heavy atom. The summed E-state index contributed by atoms with van der Waals surface area (Å²) in [7, 11) is -0.726. The van der Waals surface area contributed by atoms with Crippen LogP contribution in [0.4, 0.5) is 5.69 Å². The molecule has 0 N–H and O–H groups in total. The molecule has 10 heteroatoms. The van der Waals surface area contributed by atoms with Gasteiger partial charge in [-0.05, 0) is 22.7 Å². The summed E-state index contributed by atoms with van der Waals surface area (Å²) in [6.45, 7) is 14.7. The van der Waals surface area contributed by atoms with Crippen molar-refractivity contribution in [1.82, 2.24) is 4.90 Å². The highest BCUT2D eigenvalue weighted by atomic mass is 32.2. The molecule has 1 aromatic carbocycles. The normalized spacial score (nSPS) is 18.9. The van der Waals surface area contributed by atoms with Crippen molar-refractivity contribution in [2.45, 2.75) is 51.6 Å². The van der Waals surface area contributed by atoms with Crippen LogP contribution in [0.5, 0.6) is 0 Å². The molecule has 33 heavy (non-hydrogen) atoms. The van der Waals surface area contributed by atoms with E-state index < -0.39 is 20.7 Å². The lowest BCUT2D eigenvalue weighted by Crippen LogP contribution is -2.65. The van der Waals surface area contributed by atoms with E-state index in [0.29, 0.717) is 17.9 Å². The molecule has 1 aliphatic rings. The van der Waals surface area contributed by atoms with E-state index in [9.17, 15) is 19.7 Å². The summed E-state index contributed by atoms with van der Waals surface area (Å²) in [5.74, 6) is -0.177. The maximum atomic E-state index is 13.0. The van der Waals surface area contributed by atoms with Crippen LogP contribution in [0.1, 0.15) is 40.2 Å². The first-order chi connectivity index (χ1) is 15.4. The van der Waals surface area contributed by atoms with E-state index in [1.54, 1.807) is 34.9 Å². The van der Waals surface area contributed by atoms with E-state index >= 15 is 0 Å². The highest BCUT2D eigenvalue weighted by molar-refractivity contribution is 8.00. The van der Waals surface area contributed by atoms with E-state index in [-0.39, 0.29) is 46.5 Å². The number of thioether (sulfide) groups is 1. The Kier molecular flexibility index (Phi) is 9.27. The van der Waals surface area contributed by atoms with Crippen molar-refractivity contribution in [2.75, 3.05) is 18.9 Å². The quantitative estimate of drug-likeness (QED) is 0.109. The molecule has 1 aromatic rings. The number of likely N-dealkylation sites (tertiary alicyclic amines) is 1. The largest absolute Gasteiger partial charge is 0.459 e. The number of rotatable bonds is 12. The Hall–Kier alpha value is -2.17. The fourth-order valence-corrected chi connectivity index (χ4v) is 6.15. The number of hydrogen-bond donors (Lipinski definition) is 0. The summed E-state index contributed by atoms with van der Waals surface area (Å²) >= 11 is 1.58. The van der Waals surface area contributed by atoms with Gasteiger partial charge in [0.2, 0.25) is 5.91 Å². The van der Waals surface area contributed by atoms with Gasteiger partial charge < -0.3 is 14.1 Å². The first kappa shape index (κ1) is 27.1. The number of carbonyl (C=O) groups excluding carboxylic acids is 2. The zero-order valence-corrected chi connectivity index (χ0v) is 22.3. The third-order valence-corrected chi connectivity index (χ3v) is 7.79. The zero-order chi connectivity index (χ0) is 24.8. The van der Waals surface area contributed by atoms with E-state index in [4.69, 9.17) is 9.16 Å². The van der Waals surface area contributed by atoms with Crippen molar-refractivity contribution >= 4 is 39.1 Å². The van der Waals surface area contributed by atoms with Crippen molar-refractivity contribution in [3.8, 4) is 0 Å². The summed E-state index contributed by atoms with van der Waals surface area (Å²) < 4.78 is 11.4. The number of carbonyl (C=O) groups is 2. The zero-order valence-electron chi connectivity index (χ0n) is 20.0. The van der Waals surface area contributed by atoms with Gasteiger partial charge in [-0.1, -0.05) is 40.7 Å². The molecule has 0 aliphatic carbocycles. The van der Waals surface area contributed by atoms with Gasteiger partial charge in [0.15, 0.2) is 9.76 Å². The summed E-state index contributed by atoms with van der Waals surface area (Å²) in [4.78, 5) is 37.3. The summed E-state index contributed by atoms with van der Waals surface area (Å²) in [5, 5.41) is 10.8. The Morgan fingerprint density at radius 3 is 2.45 bits per heavy atom. The van der Waals surface area contributed by atoms with Crippen LogP contribution in [-0.4, -0.2) is 55.7 Å². The van der Waals surface area contributed by atoms with Gasteiger partial charge >= 0.3 is 5.97 Å². The van der Waals surface area contributed by atoms with Crippen molar-refractivity contribution in [3.05, 3.63) is 52.6 Å². The Balaban J connectivity index is 1.96. The molecule has 0 aromatic heterocycles. The number of hydrogen-bond acceptors (Lipinski definition) is 7. The van der Waals surface area contributed by atoms with Crippen LogP contribution in [0.2, 0.25) is 5.04 Å². The van der Waals surface area contributed by atoms with E-state index in [0.717, 1.165) is 0 Å². The van der Waals surface area contributed by atoms with Crippen LogP contribution >= 0.6 is 11.8 Å². The number of non-ortho nitro benzene ring substituents is 1. The van der Waals surface area contributed by atoms with Gasteiger partial charge in [-0.3, -0.25) is 19.7 Å². The number of ether oxygens (including phenoxy) is 1.